The summed E-state index contributed by atoms with van der Waals surface area (Å²) in [4.78, 5) is 0. The third-order valence-electron chi connectivity index (χ3n) is 1.55. The van der Waals surface area contributed by atoms with E-state index in [-0.39, 0.29) is 5.83 Å². The molecule has 1 saturated carbocycles. The molecule has 0 spiro atoms. The van der Waals surface area contributed by atoms with Crippen LogP contribution in [0, 0.1) is 5.92 Å². The molecule has 0 unspecified atom stereocenters. The SMILES string of the molecule is FC1=C[N]N=C1C1CC1. The molecule has 2 aliphatic rings. The van der Waals surface area contributed by atoms with E-state index in [2.05, 4.69) is 10.5 Å². The summed E-state index contributed by atoms with van der Waals surface area (Å²) >= 11 is 0. The first kappa shape index (κ1) is 4.97. The minimum absolute atomic E-state index is 0.238. The molecule has 2 rings (SSSR count). The molecule has 0 N–H and O–H groups in total. The lowest BCUT2D eigenvalue weighted by Crippen LogP contribution is -1.97. The fourth-order valence-electron chi connectivity index (χ4n) is 0.889. The van der Waals surface area contributed by atoms with Crippen molar-refractivity contribution in [2.75, 3.05) is 0 Å². The van der Waals surface area contributed by atoms with Crippen molar-refractivity contribution >= 4 is 5.71 Å². The van der Waals surface area contributed by atoms with Gasteiger partial charge in [0.25, 0.3) is 0 Å². The number of halogens is 1. The maximum atomic E-state index is 12.5. The molecule has 3 heteroatoms. The number of rotatable bonds is 1. The molecule has 9 heavy (non-hydrogen) atoms. The highest BCUT2D eigenvalue weighted by Gasteiger charge is 2.32. The Morgan fingerprint density at radius 1 is 1.56 bits per heavy atom. The zero-order chi connectivity index (χ0) is 6.27. The van der Waals surface area contributed by atoms with Crippen LogP contribution in [0.5, 0.6) is 0 Å². The third kappa shape index (κ3) is 0.724. The monoisotopic (exact) mass is 125 g/mol. The molecule has 1 aliphatic heterocycles. The molecule has 0 saturated heterocycles. The van der Waals surface area contributed by atoms with Crippen molar-refractivity contribution in [3.8, 4) is 0 Å². The van der Waals surface area contributed by atoms with Crippen LogP contribution in [0.1, 0.15) is 12.8 Å². The van der Waals surface area contributed by atoms with Gasteiger partial charge in [-0.05, 0) is 12.8 Å². The lowest BCUT2D eigenvalue weighted by Gasteiger charge is -1.88. The fraction of sp³-hybridized carbons (Fsp3) is 0.500. The van der Waals surface area contributed by atoms with Gasteiger partial charge >= 0.3 is 0 Å². The first-order chi connectivity index (χ1) is 4.38. The molecular weight excluding hydrogens is 119 g/mol. The Kier molecular flexibility index (Phi) is 0.860. The molecule has 0 aromatic rings. The molecule has 1 heterocycles. The molecule has 0 aromatic carbocycles. The quantitative estimate of drug-likeness (QED) is 0.503. The largest absolute Gasteiger partial charge is 0.203 e. The van der Waals surface area contributed by atoms with Gasteiger partial charge in [0.2, 0.25) is 0 Å². The van der Waals surface area contributed by atoms with E-state index in [1.807, 2.05) is 0 Å². The summed E-state index contributed by atoms with van der Waals surface area (Å²) in [6.07, 6.45) is 3.33. The van der Waals surface area contributed by atoms with Crippen LogP contribution in [0.2, 0.25) is 0 Å². The molecule has 1 fully saturated rings. The number of hydrogen-bond acceptors (Lipinski definition) is 1. The van der Waals surface area contributed by atoms with Crippen LogP contribution in [0.15, 0.2) is 17.1 Å². The van der Waals surface area contributed by atoms with Crippen LogP contribution < -0.4 is 5.43 Å². The second kappa shape index (κ2) is 1.56. The van der Waals surface area contributed by atoms with Crippen molar-refractivity contribution in [2.45, 2.75) is 12.8 Å². The summed E-state index contributed by atoms with van der Waals surface area (Å²) < 4.78 is 12.5. The number of hydrogen-bond donors (Lipinski definition) is 0. The summed E-state index contributed by atoms with van der Waals surface area (Å²) in [5.74, 6) is 0.144. The van der Waals surface area contributed by atoms with Gasteiger partial charge in [0, 0.05) is 5.92 Å². The Morgan fingerprint density at radius 3 is 2.78 bits per heavy atom. The molecule has 47 valence electrons. The minimum Gasteiger partial charge on any atom is -0.203 e. The fourth-order valence-corrected chi connectivity index (χ4v) is 0.889. The molecule has 2 nitrogen and oxygen atoms in total. The first-order valence-corrected chi connectivity index (χ1v) is 3.01. The van der Waals surface area contributed by atoms with Crippen LogP contribution in [0.25, 0.3) is 0 Å². The number of nitrogens with zero attached hydrogens (tertiary/aromatic N) is 2. The van der Waals surface area contributed by atoms with E-state index in [1.165, 1.54) is 6.20 Å². The highest BCUT2D eigenvalue weighted by atomic mass is 19.1. The number of allylic oxidation sites excluding steroid dienone is 1. The predicted molar refractivity (Wildman–Crippen MR) is 31.5 cm³/mol. The van der Waals surface area contributed by atoms with Crippen molar-refractivity contribution < 1.29 is 4.39 Å². The maximum absolute atomic E-state index is 12.5. The third-order valence-corrected chi connectivity index (χ3v) is 1.55. The smallest absolute Gasteiger partial charge is 0.166 e. The average molecular weight is 125 g/mol. The summed E-state index contributed by atoms with van der Waals surface area (Å²) in [5, 5.41) is 3.65. The Labute approximate surface area is 52.4 Å². The van der Waals surface area contributed by atoms with E-state index in [0.29, 0.717) is 11.6 Å². The standard InChI is InChI=1S/C6H6FN2/c7-5-3-8-9-6(5)4-1-2-4/h3-4H,1-2H2. The van der Waals surface area contributed by atoms with Crippen LogP contribution in [0.4, 0.5) is 4.39 Å². The van der Waals surface area contributed by atoms with Gasteiger partial charge in [-0.3, -0.25) is 0 Å². The maximum Gasteiger partial charge on any atom is 0.166 e. The lowest BCUT2D eigenvalue weighted by molar-refractivity contribution is 0.675. The summed E-state index contributed by atoms with van der Waals surface area (Å²) in [5.41, 5.74) is 4.02. The normalized spacial score (nSPS) is 25.0. The Hall–Kier alpha value is -0.860. The van der Waals surface area contributed by atoms with Gasteiger partial charge in [0.05, 0.1) is 6.20 Å². The lowest BCUT2D eigenvalue weighted by atomic mass is 10.2. The van der Waals surface area contributed by atoms with E-state index in [4.69, 9.17) is 0 Å². The van der Waals surface area contributed by atoms with E-state index in [1.54, 1.807) is 0 Å². The van der Waals surface area contributed by atoms with Crippen molar-refractivity contribution in [2.24, 2.45) is 11.0 Å². The predicted octanol–water partition coefficient (Wildman–Crippen LogP) is 1.18. The molecular formula is C6H6FN2. The highest BCUT2D eigenvalue weighted by Crippen LogP contribution is 2.34. The Morgan fingerprint density at radius 2 is 2.33 bits per heavy atom. The zero-order valence-corrected chi connectivity index (χ0v) is 4.84. The minimum atomic E-state index is -0.238. The van der Waals surface area contributed by atoms with Gasteiger partial charge in [-0.15, -0.1) is 0 Å². The van der Waals surface area contributed by atoms with E-state index in [0.717, 1.165) is 12.8 Å². The summed E-state index contributed by atoms with van der Waals surface area (Å²) in [7, 11) is 0. The van der Waals surface area contributed by atoms with Crippen molar-refractivity contribution in [1.29, 1.82) is 0 Å². The van der Waals surface area contributed by atoms with Gasteiger partial charge in [-0.2, -0.15) is 10.5 Å². The molecule has 0 aromatic heterocycles. The average Bonchev–Trinajstić information content (AvgIpc) is 2.58. The summed E-state index contributed by atoms with van der Waals surface area (Å²) in [6, 6.07) is 0. The van der Waals surface area contributed by atoms with Crippen LogP contribution in [-0.4, -0.2) is 5.71 Å². The second-order valence-corrected chi connectivity index (χ2v) is 2.35. The summed E-state index contributed by atoms with van der Waals surface area (Å²) in [6.45, 7) is 0. The van der Waals surface area contributed by atoms with Crippen molar-refractivity contribution in [3.63, 3.8) is 0 Å². The van der Waals surface area contributed by atoms with E-state index < -0.39 is 0 Å². The first-order valence-electron chi connectivity index (χ1n) is 3.01. The van der Waals surface area contributed by atoms with E-state index >= 15 is 0 Å². The molecule has 1 radical (unpaired) electrons. The van der Waals surface area contributed by atoms with Crippen LogP contribution in [-0.2, 0) is 0 Å². The van der Waals surface area contributed by atoms with Gasteiger partial charge in [-0.1, -0.05) is 0 Å². The van der Waals surface area contributed by atoms with Crippen molar-refractivity contribution in [1.82, 2.24) is 5.43 Å². The molecule has 0 amide bonds. The van der Waals surface area contributed by atoms with E-state index in [9.17, 15) is 4.39 Å². The molecule has 0 atom stereocenters. The second-order valence-electron chi connectivity index (χ2n) is 2.35. The Bertz CT molecular complexity index is 191. The van der Waals surface area contributed by atoms with Gasteiger partial charge in [-0.25, -0.2) is 4.39 Å². The zero-order valence-electron chi connectivity index (χ0n) is 4.84. The van der Waals surface area contributed by atoms with Crippen LogP contribution in [0.3, 0.4) is 0 Å². The van der Waals surface area contributed by atoms with Crippen molar-refractivity contribution in [3.05, 3.63) is 12.0 Å². The van der Waals surface area contributed by atoms with Gasteiger partial charge in [0.1, 0.15) is 5.71 Å². The topological polar surface area (TPSA) is 26.5 Å². The Balaban J connectivity index is 2.18. The molecule has 0 bridgehead atoms. The van der Waals surface area contributed by atoms with Gasteiger partial charge < -0.3 is 0 Å². The highest BCUT2D eigenvalue weighted by molar-refractivity contribution is 6.02. The van der Waals surface area contributed by atoms with Crippen LogP contribution >= 0.6 is 0 Å². The molecule has 1 aliphatic carbocycles. The van der Waals surface area contributed by atoms with Gasteiger partial charge in [0.15, 0.2) is 5.83 Å².